The first-order chi connectivity index (χ1) is 18.9. The lowest BCUT2D eigenvalue weighted by Gasteiger charge is -2.36. The van der Waals surface area contributed by atoms with Gasteiger partial charge in [0.15, 0.2) is 0 Å². The van der Waals surface area contributed by atoms with Crippen LogP contribution in [-0.4, -0.2) is 48.3 Å². The third-order valence-electron chi connectivity index (χ3n) is 8.51. The SMILES string of the molecule is CC[C@@](C)(N)c1cnc(O[C@H](C)CC(C)(C)[S@@](C)(=N)=O)c2cnc(Nc3ccc4c(n3)C(C)(C)[C@@H](C)OC4=O)cc12. The zero-order valence-electron chi connectivity index (χ0n) is 25.4. The quantitative estimate of drug-likeness (QED) is 0.266. The molecular formula is C30H42N6O4S. The lowest BCUT2D eigenvalue weighted by Crippen LogP contribution is -2.42. The Balaban J connectivity index is 1.73. The maximum absolute atomic E-state index is 12.5. The number of hydrogen-bond acceptors (Lipinski definition) is 10. The molecule has 1 aliphatic heterocycles. The molecule has 0 unspecified atom stereocenters. The molecular weight excluding hydrogens is 540 g/mol. The molecule has 4 atom stereocenters. The maximum atomic E-state index is 12.5. The number of carbonyl (C=O) groups is 1. The van der Waals surface area contributed by atoms with E-state index in [1.54, 1.807) is 24.5 Å². The lowest BCUT2D eigenvalue weighted by atomic mass is 9.79. The number of rotatable bonds is 9. The molecule has 10 nitrogen and oxygen atoms in total. The molecule has 4 rings (SSSR count). The fourth-order valence-corrected chi connectivity index (χ4v) is 5.43. The Hall–Kier alpha value is -3.31. The van der Waals surface area contributed by atoms with E-state index < -0.39 is 25.4 Å². The maximum Gasteiger partial charge on any atom is 0.340 e. The molecule has 0 saturated carbocycles. The van der Waals surface area contributed by atoms with Gasteiger partial charge in [0.1, 0.15) is 17.7 Å². The zero-order valence-corrected chi connectivity index (χ0v) is 26.2. The van der Waals surface area contributed by atoms with Gasteiger partial charge in [-0.05, 0) is 70.2 Å². The number of cyclic esters (lactones) is 1. The van der Waals surface area contributed by atoms with Crippen molar-refractivity contribution in [3.05, 3.63) is 47.4 Å². The van der Waals surface area contributed by atoms with Crippen molar-refractivity contribution in [1.82, 2.24) is 15.0 Å². The standard InChI is InChI=1S/C30H42N6O4S/c1-10-30(8,31)22-16-34-26(39-17(2)14-28(4,5)41(9,32)38)21-15-33-24(13-20(21)22)35-23-12-11-19-25(36-23)29(6,7)18(3)40-27(19)37/h11-13,15-18,32H,10,14,31H2,1-9H3,(H,33,35,36)/t17-,18-,30-,41+/m1/s1. The third-order valence-corrected chi connectivity index (χ3v) is 10.8. The van der Waals surface area contributed by atoms with E-state index in [0.717, 1.165) is 10.9 Å². The van der Waals surface area contributed by atoms with E-state index in [-0.39, 0.29) is 18.2 Å². The van der Waals surface area contributed by atoms with Crippen LogP contribution in [0.3, 0.4) is 0 Å². The number of nitrogens with zero attached hydrogens (tertiary/aromatic N) is 3. The number of nitrogens with one attached hydrogen (secondary N) is 2. The summed E-state index contributed by atoms with van der Waals surface area (Å²) in [6.45, 7) is 15.4. The average molecular weight is 583 g/mol. The van der Waals surface area contributed by atoms with Gasteiger partial charge in [0.05, 0.1) is 27.5 Å². The molecule has 0 aliphatic carbocycles. The van der Waals surface area contributed by atoms with Gasteiger partial charge in [-0.3, -0.25) is 4.78 Å². The summed E-state index contributed by atoms with van der Waals surface area (Å²) in [5, 5.41) is 4.82. The highest BCUT2D eigenvalue weighted by Gasteiger charge is 2.41. The van der Waals surface area contributed by atoms with Crippen LogP contribution in [0.2, 0.25) is 0 Å². The molecule has 222 valence electrons. The van der Waals surface area contributed by atoms with Crippen molar-refractivity contribution in [2.75, 3.05) is 11.6 Å². The van der Waals surface area contributed by atoms with Gasteiger partial charge in [-0.2, -0.15) is 0 Å². The fourth-order valence-electron chi connectivity index (χ4n) is 4.88. The summed E-state index contributed by atoms with van der Waals surface area (Å²) < 4.78 is 31.5. The van der Waals surface area contributed by atoms with Crippen LogP contribution in [-0.2, 0) is 25.4 Å². The molecule has 3 aromatic rings. The number of nitrogens with two attached hydrogens (primary N) is 1. The van der Waals surface area contributed by atoms with E-state index >= 15 is 0 Å². The Kier molecular flexibility index (Phi) is 7.85. The molecule has 0 bridgehead atoms. The van der Waals surface area contributed by atoms with Crippen molar-refractivity contribution < 1.29 is 18.5 Å². The van der Waals surface area contributed by atoms with Crippen molar-refractivity contribution >= 4 is 38.1 Å². The van der Waals surface area contributed by atoms with Crippen molar-refractivity contribution in [3.8, 4) is 5.88 Å². The first kappa shape index (κ1) is 30.6. The number of esters is 1. The summed E-state index contributed by atoms with van der Waals surface area (Å²) in [5.74, 6) is 1.13. The monoisotopic (exact) mass is 582 g/mol. The van der Waals surface area contributed by atoms with E-state index in [0.29, 0.717) is 47.0 Å². The van der Waals surface area contributed by atoms with Crippen molar-refractivity contribution in [2.24, 2.45) is 5.73 Å². The Morgan fingerprint density at radius 3 is 2.51 bits per heavy atom. The van der Waals surface area contributed by atoms with Gasteiger partial charge < -0.3 is 20.5 Å². The van der Waals surface area contributed by atoms with Gasteiger partial charge >= 0.3 is 5.97 Å². The normalized spacial score (nSPS) is 20.3. The van der Waals surface area contributed by atoms with E-state index in [2.05, 4.69) is 15.3 Å². The van der Waals surface area contributed by atoms with Crippen LogP contribution in [0, 0.1) is 4.78 Å². The highest BCUT2D eigenvalue weighted by molar-refractivity contribution is 7.93. The van der Waals surface area contributed by atoms with Gasteiger partial charge in [0.2, 0.25) is 5.88 Å². The summed E-state index contributed by atoms with van der Waals surface area (Å²) in [4.78, 5) is 26.5. The van der Waals surface area contributed by atoms with Crippen LogP contribution in [0.15, 0.2) is 30.6 Å². The lowest BCUT2D eigenvalue weighted by molar-refractivity contribution is 0.00864. The first-order valence-electron chi connectivity index (χ1n) is 13.8. The van der Waals surface area contributed by atoms with Crippen LogP contribution < -0.4 is 15.8 Å². The van der Waals surface area contributed by atoms with Crippen LogP contribution in [0.25, 0.3) is 10.8 Å². The van der Waals surface area contributed by atoms with Crippen LogP contribution >= 0.6 is 0 Å². The molecule has 0 radical (unpaired) electrons. The molecule has 4 heterocycles. The van der Waals surface area contributed by atoms with Crippen molar-refractivity contribution in [2.45, 2.75) is 96.1 Å². The minimum atomic E-state index is -2.79. The smallest absolute Gasteiger partial charge is 0.340 e. The Bertz CT molecular complexity index is 1600. The van der Waals surface area contributed by atoms with Crippen molar-refractivity contribution in [3.63, 3.8) is 0 Å². The molecule has 4 N–H and O–H groups in total. The predicted molar refractivity (Wildman–Crippen MR) is 162 cm³/mol. The van der Waals surface area contributed by atoms with Crippen molar-refractivity contribution in [1.29, 1.82) is 4.78 Å². The second-order valence-electron chi connectivity index (χ2n) is 12.6. The minimum Gasteiger partial charge on any atom is -0.474 e. The van der Waals surface area contributed by atoms with E-state index in [1.807, 2.05) is 61.5 Å². The molecule has 1 aliphatic rings. The minimum absolute atomic E-state index is 0.313. The Labute approximate surface area is 242 Å². The van der Waals surface area contributed by atoms with E-state index in [4.69, 9.17) is 25.0 Å². The number of hydrogen-bond donors (Lipinski definition) is 3. The van der Waals surface area contributed by atoms with Crippen LogP contribution in [0.1, 0.15) is 89.8 Å². The predicted octanol–water partition coefficient (Wildman–Crippen LogP) is 5.80. The topological polar surface area (TPSA) is 153 Å². The summed E-state index contributed by atoms with van der Waals surface area (Å²) in [6.07, 6.45) is 5.34. The number of carbonyl (C=O) groups excluding carboxylic acids is 1. The summed E-state index contributed by atoms with van der Waals surface area (Å²) in [6, 6.07) is 5.37. The fraction of sp³-hybridized carbons (Fsp3) is 0.533. The molecule has 11 heteroatoms. The second kappa shape index (κ2) is 10.5. The van der Waals surface area contributed by atoms with Gasteiger partial charge in [0.25, 0.3) is 0 Å². The number of ether oxygens (including phenoxy) is 2. The number of aromatic nitrogens is 3. The van der Waals surface area contributed by atoms with Gasteiger partial charge in [-0.15, -0.1) is 0 Å². The van der Waals surface area contributed by atoms with Gasteiger partial charge in [0, 0.05) is 45.8 Å². The zero-order chi connectivity index (χ0) is 30.5. The first-order valence-corrected chi connectivity index (χ1v) is 15.8. The average Bonchev–Trinajstić information content (AvgIpc) is 2.86. The third kappa shape index (κ3) is 5.88. The highest BCUT2D eigenvalue weighted by Crippen LogP contribution is 2.38. The molecule has 0 spiro atoms. The number of pyridine rings is 3. The van der Waals surface area contributed by atoms with Crippen LogP contribution in [0.4, 0.5) is 11.6 Å². The Morgan fingerprint density at radius 2 is 1.88 bits per heavy atom. The van der Waals surface area contributed by atoms with Gasteiger partial charge in [-0.25, -0.2) is 24.0 Å². The summed E-state index contributed by atoms with van der Waals surface area (Å²) in [7, 11) is -2.79. The number of anilines is 2. The summed E-state index contributed by atoms with van der Waals surface area (Å²) in [5.41, 5.74) is 7.56. The molecule has 41 heavy (non-hydrogen) atoms. The Morgan fingerprint density at radius 1 is 1.20 bits per heavy atom. The van der Waals surface area contributed by atoms with E-state index in [9.17, 15) is 9.00 Å². The molecule has 0 saturated heterocycles. The van der Waals surface area contributed by atoms with Crippen LogP contribution in [0.5, 0.6) is 5.88 Å². The van der Waals surface area contributed by atoms with E-state index in [1.165, 1.54) is 6.26 Å². The van der Waals surface area contributed by atoms with Gasteiger partial charge in [-0.1, -0.05) is 20.8 Å². The number of fused-ring (bicyclic) bond motifs is 2. The second-order valence-corrected chi connectivity index (χ2v) is 15.4. The molecule has 0 amide bonds. The molecule has 0 aromatic carbocycles. The highest BCUT2D eigenvalue weighted by atomic mass is 32.2. The molecule has 3 aromatic heterocycles. The molecule has 0 fully saturated rings. The largest absolute Gasteiger partial charge is 0.474 e. The summed E-state index contributed by atoms with van der Waals surface area (Å²) >= 11 is 0.